The van der Waals surface area contributed by atoms with Gasteiger partial charge in [-0.2, -0.15) is 0 Å². The van der Waals surface area contributed by atoms with Gasteiger partial charge in [-0.15, -0.1) is 10.2 Å². The van der Waals surface area contributed by atoms with Crippen molar-refractivity contribution in [2.45, 2.75) is 24.4 Å². The highest BCUT2D eigenvalue weighted by atomic mass is 35.5. The minimum Gasteiger partial charge on any atom is -0.302 e. The van der Waals surface area contributed by atoms with Crippen LogP contribution in [-0.4, -0.2) is 14.8 Å². The van der Waals surface area contributed by atoms with Gasteiger partial charge in [0, 0.05) is 27.9 Å². The number of aromatic nitrogens is 3. The zero-order valence-electron chi connectivity index (χ0n) is 14.7. The van der Waals surface area contributed by atoms with E-state index in [4.69, 9.17) is 23.2 Å². The fourth-order valence-corrected chi connectivity index (χ4v) is 4.85. The Morgan fingerprint density at radius 2 is 1.59 bits per heavy atom. The molecule has 136 valence electrons. The number of hydrogen-bond donors (Lipinski definition) is 0. The molecule has 0 amide bonds. The number of thioether (sulfide) groups is 1. The molecule has 0 aliphatic heterocycles. The molecule has 0 aliphatic carbocycles. The standard InChI is InChI=1S/C21H17Cl2N3S/c1-2-26-20(16-10-5-8-14-7-3-4-9-15(14)16)24-25-21(26)27-13-17-18(22)11-6-12-19(17)23/h3-12H,2,13H2,1H3. The van der Waals surface area contributed by atoms with Gasteiger partial charge in [-0.05, 0) is 35.4 Å². The van der Waals surface area contributed by atoms with Gasteiger partial charge in [-0.1, -0.05) is 83.5 Å². The molecule has 0 radical (unpaired) electrons. The summed E-state index contributed by atoms with van der Waals surface area (Å²) in [6, 6.07) is 20.2. The van der Waals surface area contributed by atoms with Crippen LogP contribution >= 0.6 is 35.0 Å². The van der Waals surface area contributed by atoms with E-state index < -0.39 is 0 Å². The Morgan fingerprint density at radius 1 is 0.889 bits per heavy atom. The van der Waals surface area contributed by atoms with E-state index in [1.165, 1.54) is 10.8 Å². The summed E-state index contributed by atoms with van der Waals surface area (Å²) in [5.74, 6) is 1.52. The van der Waals surface area contributed by atoms with Crippen LogP contribution in [0.2, 0.25) is 10.0 Å². The highest BCUT2D eigenvalue weighted by Gasteiger charge is 2.16. The molecule has 0 spiro atoms. The fraction of sp³-hybridized carbons (Fsp3) is 0.143. The van der Waals surface area contributed by atoms with Crippen molar-refractivity contribution in [1.82, 2.24) is 14.8 Å². The lowest BCUT2D eigenvalue weighted by Crippen LogP contribution is -2.00. The van der Waals surface area contributed by atoms with Gasteiger partial charge in [0.25, 0.3) is 0 Å². The van der Waals surface area contributed by atoms with E-state index in [0.29, 0.717) is 15.8 Å². The normalized spacial score (nSPS) is 11.2. The number of benzene rings is 3. The summed E-state index contributed by atoms with van der Waals surface area (Å²) in [6.07, 6.45) is 0. The number of halogens is 2. The van der Waals surface area contributed by atoms with Gasteiger partial charge >= 0.3 is 0 Å². The summed E-state index contributed by atoms with van der Waals surface area (Å²) in [4.78, 5) is 0. The molecule has 0 fully saturated rings. The maximum Gasteiger partial charge on any atom is 0.191 e. The molecule has 0 bridgehead atoms. The molecule has 0 N–H and O–H groups in total. The van der Waals surface area contributed by atoms with Crippen molar-refractivity contribution in [3.63, 3.8) is 0 Å². The minimum absolute atomic E-state index is 0.645. The van der Waals surface area contributed by atoms with Crippen LogP contribution < -0.4 is 0 Å². The topological polar surface area (TPSA) is 30.7 Å². The Labute approximate surface area is 172 Å². The largest absolute Gasteiger partial charge is 0.302 e. The van der Waals surface area contributed by atoms with Crippen LogP contribution in [-0.2, 0) is 12.3 Å². The van der Waals surface area contributed by atoms with Crippen LogP contribution in [0.1, 0.15) is 12.5 Å². The third kappa shape index (κ3) is 3.57. The lowest BCUT2D eigenvalue weighted by Gasteiger charge is -2.10. The Balaban J connectivity index is 1.70. The van der Waals surface area contributed by atoms with Crippen molar-refractivity contribution in [3.05, 3.63) is 76.3 Å². The van der Waals surface area contributed by atoms with Crippen molar-refractivity contribution in [2.75, 3.05) is 0 Å². The maximum atomic E-state index is 6.30. The van der Waals surface area contributed by atoms with Crippen LogP contribution in [0.5, 0.6) is 0 Å². The monoisotopic (exact) mass is 413 g/mol. The van der Waals surface area contributed by atoms with Crippen LogP contribution in [0.4, 0.5) is 0 Å². The molecular formula is C21H17Cl2N3S. The summed E-state index contributed by atoms with van der Waals surface area (Å²) in [7, 11) is 0. The second-order valence-corrected chi connectivity index (χ2v) is 7.82. The van der Waals surface area contributed by atoms with Crippen molar-refractivity contribution >= 4 is 45.7 Å². The van der Waals surface area contributed by atoms with Crippen molar-refractivity contribution < 1.29 is 0 Å². The first-order valence-electron chi connectivity index (χ1n) is 8.66. The molecule has 0 unspecified atom stereocenters. The molecular weight excluding hydrogens is 397 g/mol. The van der Waals surface area contributed by atoms with E-state index >= 15 is 0 Å². The second-order valence-electron chi connectivity index (χ2n) is 6.07. The first-order chi connectivity index (χ1) is 13.2. The van der Waals surface area contributed by atoms with E-state index in [1.807, 2.05) is 30.3 Å². The number of rotatable bonds is 5. The van der Waals surface area contributed by atoms with Crippen molar-refractivity contribution in [1.29, 1.82) is 0 Å². The summed E-state index contributed by atoms with van der Waals surface area (Å²) < 4.78 is 2.14. The average Bonchev–Trinajstić information content (AvgIpc) is 3.10. The van der Waals surface area contributed by atoms with Crippen molar-refractivity contribution in [2.24, 2.45) is 0 Å². The summed E-state index contributed by atoms with van der Waals surface area (Å²) in [6.45, 7) is 2.88. The molecule has 0 atom stereocenters. The third-order valence-electron chi connectivity index (χ3n) is 4.47. The van der Waals surface area contributed by atoms with Crippen molar-refractivity contribution in [3.8, 4) is 11.4 Å². The third-order valence-corrected chi connectivity index (χ3v) is 6.17. The molecule has 1 heterocycles. The molecule has 0 saturated heterocycles. The fourth-order valence-electron chi connectivity index (χ4n) is 3.11. The Bertz CT molecular complexity index is 1080. The quantitative estimate of drug-likeness (QED) is 0.340. The lowest BCUT2D eigenvalue weighted by molar-refractivity contribution is 0.687. The number of hydrogen-bond acceptors (Lipinski definition) is 3. The Hall–Kier alpha value is -2.01. The van der Waals surface area contributed by atoms with Gasteiger partial charge < -0.3 is 4.57 Å². The van der Waals surface area contributed by atoms with E-state index in [1.54, 1.807) is 11.8 Å². The molecule has 27 heavy (non-hydrogen) atoms. The molecule has 1 aromatic heterocycles. The summed E-state index contributed by atoms with van der Waals surface area (Å²) >= 11 is 14.2. The van der Waals surface area contributed by atoms with Crippen LogP contribution in [0.15, 0.2) is 65.8 Å². The molecule has 4 rings (SSSR count). The summed E-state index contributed by atoms with van der Waals surface area (Å²) in [5, 5.41) is 13.5. The Morgan fingerprint density at radius 3 is 2.37 bits per heavy atom. The van der Waals surface area contributed by atoms with Gasteiger partial charge in [0.05, 0.1) is 0 Å². The zero-order chi connectivity index (χ0) is 18.8. The van der Waals surface area contributed by atoms with Gasteiger partial charge in [-0.3, -0.25) is 0 Å². The predicted molar refractivity (Wildman–Crippen MR) is 115 cm³/mol. The molecule has 0 saturated carbocycles. The van der Waals surface area contributed by atoms with E-state index in [2.05, 4.69) is 52.0 Å². The van der Waals surface area contributed by atoms with Gasteiger partial charge in [0.2, 0.25) is 0 Å². The van der Waals surface area contributed by atoms with Crippen LogP contribution in [0.3, 0.4) is 0 Å². The van der Waals surface area contributed by atoms with Gasteiger partial charge in [0.15, 0.2) is 11.0 Å². The minimum atomic E-state index is 0.645. The second kappa shape index (κ2) is 7.93. The highest BCUT2D eigenvalue weighted by Crippen LogP contribution is 2.33. The smallest absolute Gasteiger partial charge is 0.191 e. The number of fused-ring (bicyclic) bond motifs is 1. The van der Waals surface area contributed by atoms with Gasteiger partial charge in [-0.25, -0.2) is 0 Å². The van der Waals surface area contributed by atoms with Crippen LogP contribution in [0, 0.1) is 0 Å². The van der Waals surface area contributed by atoms with E-state index in [-0.39, 0.29) is 0 Å². The molecule has 0 aliphatic rings. The first kappa shape index (κ1) is 18.4. The van der Waals surface area contributed by atoms with Gasteiger partial charge in [0.1, 0.15) is 0 Å². The first-order valence-corrected chi connectivity index (χ1v) is 10.4. The van der Waals surface area contributed by atoms with Crippen LogP contribution in [0.25, 0.3) is 22.2 Å². The highest BCUT2D eigenvalue weighted by molar-refractivity contribution is 7.98. The molecule has 6 heteroatoms. The van der Waals surface area contributed by atoms with E-state index in [0.717, 1.165) is 28.7 Å². The maximum absolute atomic E-state index is 6.30. The number of nitrogens with zero attached hydrogens (tertiary/aromatic N) is 3. The molecule has 3 aromatic carbocycles. The van der Waals surface area contributed by atoms with E-state index in [9.17, 15) is 0 Å². The molecule has 3 nitrogen and oxygen atoms in total. The lowest BCUT2D eigenvalue weighted by atomic mass is 10.0. The average molecular weight is 414 g/mol. The predicted octanol–water partition coefficient (Wildman–Crippen LogP) is 6.72. The zero-order valence-corrected chi connectivity index (χ0v) is 17.0. The summed E-state index contributed by atoms with van der Waals surface area (Å²) in [5.41, 5.74) is 2.01. The molecule has 4 aromatic rings. The Kier molecular flexibility index (Phi) is 5.39. The SMILES string of the molecule is CCn1c(SCc2c(Cl)cccc2Cl)nnc1-c1cccc2ccccc12.